The largest absolute Gasteiger partial charge is 0.320 e. The van der Waals surface area contributed by atoms with Crippen molar-refractivity contribution in [1.29, 1.82) is 0 Å². The molecule has 0 fully saturated rings. The van der Waals surface area contributed by atoms with Crippen molar-refractivity contribution in [3.8, 4) is 0 Å². The Bertz CT molecular complexity index is 644. The molecule has 0 amide bonds. The average molecular weight is 274 g/mol. The minimum atomic E-state index is -0.583. The highest BCUT2D eigenvalue weighted by atomic mass is 19.1. The molecular weight excluding hydrogens is 259 g/mol. The van der Waals surface area contributed by atoms with E-state index in [1.165, 1.54) is 24.3 Å². The fourth-order valence-electron chi connectivity index (χ4n) is 2.19. The number of halogens is 1. The number of nitrogens with two attached hydrogens (primary N) is 1. The van der Waals surface area contributed by atoms with Gasteiger partial charge in [0.1, 0.15) is 5.82 Å². The summed E-state index contributed by atoms with van der Waals surface area (Å²) in [5, 5.41) is 10.9. The van der Waals surface area contributed by atoms with Gasteiger partial charge >= 0.3 is 0 Å². The van der Waals surface area contributed by atoms with Crippen LogP contribution < -0.4 is 5.73 Å². The van der Waals surface area contributed by atoms with Crippen LogP contribution in [0.25, 0.3) is 0 Å². The molecule has 2 aromatic carbocycles. The molecule has 104 valence electrons. The topological polar surface area (TPSA) is 69.2 Å². The van der Waals surface area contributed by atoms with Crippen molar-refractivity contribution < 1.29 is 9.31 Å². The van der Waals surface area contributed by atoms with Crippen molar-refractivity contribution in [2.24, 2.45) is 5.73 Å². The number of nitro groups is 1. The maximum absolute atomic E-state index is 13.3. The number of benzene rings is 2. The monoisotopic (exact) mass is 274 g/mol. The van der Waals surface area contributed by atoms with Gasteiger partial charge in [-0.05, 0) is 35.2 Å². The summed E-state index contributed by atoms with van der Waals surface area (Å²) in [6.45, 7) is 1.95. The van der Waals surface area contributed by atoms with Gasteiger partial charge in [-0.3, -0.25) is 10.1 Å². The van der Waals surface area contributed by atoms with E-state index in [-0.39, 0.29) is 11.5 Å². The van der Waals surface area contributed by atoms with E-state index in [1.54, 1.807) is 18.2 Å². The molecule has 0 aliphatic rings. The van der Waals surface area contributed by atoms with Crippen LogP contribution in [0.3, 0.4) is 0 Å². The molecule has 0 aliphatic carbocycles. The molecule has 4 nitrogen and oxygen atoms in total. The fraction of sp³-hybridized carbons (Fsp3) is 0.200. The first kappa shape index (κ1) is 14.1. The first-order valence-corrected chi connectivity index (χ1v) is 6.31. The van der Waals surface area contributed by atoms with E-state index in [2.05, 4.69) is 0 Å². The van der Waals surface area contributed by atoms with Gasteiger partial charge in [0, 0.05) is 12.1 Å². The third kappa shape index (κ3) is 2.83. The minimum absolute atomic E-state index is 0.0101. The van der Waals surface area contributed by atoms with Gasteiger partial charge in [0.05, 0.1) is 11.0 Å². The van der Waals surface area contributed by atoms with Crippen molar-refractivity contribution >= 4 is 5.69 Å². The highest BCUT2D eigenvalue weighted by molar-refractivity contribution is 5.44. The van der Waals surface area contributed by atoms with Crippen LogP contribution >= 0.6 is 0 Å². The second-order valence-electron chi connectivity index (χ2n) is 4.53. The first-order valence-electron chi connectivity index (χ1n) is 6.31. The van der Waals surface area contributed by atoms with Crippen molar-refractivity contribution in [2.45, 2.75) is 19.4 Å². The quantitative estimate of drug-likeness (QED) is 0.686. The molecule has 20 heavy (non-hydrogen) atoms. The molecule has 0 bridgehead atoms. The molecule has 1 unspecified atom stereocenters. The second kappa shape index (κ2) is 5.79. The van der Waals surface area contributed by atoms with Crippen molar-refractivity contribution in [3.63, 3.8) is 0 Å². The first-order chi connectivity index (χ1) is 9.52. The lowest BCUT2D eigenvalue weighted by atomic mass is 9.93. The van der Waals surface area contributed by atoms with Gasteiger partial charge in [-0.2, -0.15) is 0 Å². The van der Waals surface area contributed by atoms with Crippen molar-refractivity contribution in [1.82, 2.24) is 0 Å². The smallest absolute Gasteiger partial charge is 0.269 e. The Morgan fingerprint density at radius 3 is 2.65 bits per heavy atom. The molecule has 0 saturated carbocycles. The number of nitro benzene ring substituents is 1. The zero-order valence-corrected chi connectivity index (χ0v) is 11.0. The van der Waals surface area contributed by atoms with Crippen molar-refractivity contribution in [2.75, 3.05) is 0 Å². The van der Waals surface area contributed by atoms with E-state index >= 15 is 0 Å². The standard InChI is InChI=1S/C15H15FN2O2/c1-2-10-6-7-13(18(19)20)9-14(10)15(17)11-4-3-5-12(16)8-11/h3-9,15H,2,17H2,1H3. The van der Waals surface area contributed by atoms with E-state index in [9.17, 15) is 14.5 Å². The van der Waals surface area contributed by atoms with Gasteiger partial charge in [0.25, 0.3) is 5.69 Å². The molecule has 0 heterocycles. The van der Waals surface area contributed by atoms with E-state index in [1.807, 2.05) is 6.92 Å². The van der Waals surface area contributed by atoms with E-state index in [0.717, 1.165) is 5.56 Å². The van der Waals surface area contributed by atoms with E-state index in [0.29, 0.717) is 17.5 Å². The molecule has 0 spiro atoms. The second-order valence-corrected chi connectivity index (χ2v) is 4.53. The number of hydrogen-bond donors (Lipinski definition) is 1. The normalized spacial score (nSPS) is 12.2. The molecule has 0 radical (unpaired) electrons. The molecule has 2 rings (SSSR count). The Morgan fingerprint density at radius 1 is 1.30 bits per heavy atom. The molecule has 1 atom stereocenters. The van der Waals surface area contributed by atoms with Gasteiger partial charge in [0.2, 0.25) is 0 Å². The SMILES string of the molecule is CCc1ccc([N+](=O)[O-])cc1C(N)c1cccc(F)c1. The number of rotatable bonds is 4. The van der Waals surface area contributed by atoms with E-state index in [4.69, 9.17) is 5.73 Å². The van der Waals surface area contributed by atoms with Crippen LogP contribution in [0.1, 0.15) is 29.7 Å². The van der Waals surface area contributed by atoms with Gasteiger partial charge in [-0.15, -0.1) is 0 Å². The number of aryl methyl sites for hydroxylation is 1. The highest BCUT2D eigenvalue weighted by Crippen LogP contribution is 2.27. The van der Waals surface area contributed by atoms with Crippen LogP contribution in [0.15, 0.2) is 42.5 Å². The van der Waals surface area contributed by atoms with Crippen LogP contribution in [-0.4, -0.2) is 4.92 Å². The molecule has 2 N–H and O–H groups in total. The average Bonchev–Trinajstić information content (AvgIpc) is 2.45. The molecule has 5 heteroatoms. The summed E-state index contributed by atoms with van der Waals surface area (Å²) in [5.41, 5.74) is 8.31. The number of nitrogens with zero attached hydrogens (tertiary/aromatic N) is 1. The van der Waals surface area contributed by atoms with Crippen LogP contribution in [0.2, 0.25) is 0 Å². The Morgan fingerprint density at radius 2 is 2.05 bits per heavy atom. The lowest BCUT2D eigenvalue weighted by Crippen LogP contribution is -2.14. The summed E-state index contributed by atoms with van der Waals surface area (Å²) in [6.07, 6.45) is 0.705. The predicted octanol–water partition coefficient (Wildman–Crippen LogP) is 3.34. The molecule has 0 aliphatic heterocycles. The van der Waals surface area contributed by atoms with Gasteiger partial charge in [-0.25, -0.2) is 4.39 Å². The van der Waals surface area contributed by atoms with Crippen LogP contribution in [-0.2, 0) is 6.42 Å². The molecule has 2 aromatic rings. The summed E-state index contributed by atoms with van der Waals surface area (Å²) in [7, 11) is 0. The number of non-ortho nitro benzene ring substituents is 1. The predicted molar refractivity (Wildman–Crippen MR) is 74.9 cm³/mol. The van der Waals surface area contributed by atoms with Crippen LogP contribution in [0.4, 0.5) is 10.1 Å². The van der Waals surface area contributed by atoms with Crippen LogP contribution in [0, 0.1) is 15.9 Å². The Kier molecular flexibility index (Phi) is 4.10. The number of hydrogen-bond acceptors (Lipinski definition) is 3. The van der Waals surface area contributed by atoms with Crippen LogP contribution in [0.5, 0.6) is 0 Å². The summed E-state index contributed by atoms with van der Waals surface area (Å²) >= 11 is 0. The highest BCUT2D eigenvalue weighted by Gasteiger charge is 2.17. The van der Waals surface area contributed by atoms with Gasteiger partial charge < -0.3 is 5.73 Å². The summed E-state index contributed by atoms with van der Waals surface area (Å²) in [6, 6.07) is 10.0. The summed E-state index contributed by atoms with van der Waals surface area (Å²) in [4.78, 5) is 10.4. The molecule has 0 aromatic heterocycles. The Balaban J connectivity index is 2.49. The third-order valence-electron chi connectivity index (χ3n) is 3.26. The maximum atomic E-state index is 13.3. The van der Waals surface area contributed by atoms with Gasteiger partial charge in [0.15, 0.2) is 0 Å². The molecular formula is C15H15FN2O2. The summed E-state index contributed by atoms with van der Waals surface area (Å²) in [5.74, 6) is -0.374. The van der Waals surface area contributed by atoms with E-state index < -0.39 is 11.0 Å². The Hall–Kier alpha value is -2.27. The summed E-state index contributed by atoms with van der Waals surface area (Å²) < 4.78 is 13.3. The lowest BCUT2D eigenvalue weighted by Gasteiger charge is -2.16. The lowest BCUT2D eigenvalue weighted by molar-refractivity contribution is -0.384. The maximum Gasteiger partial charge on any atom is 0.269 e. The fourth-order valence-corrected chi connectivity index (χ4v) is 2.19. The third-order valence-corrected chi connectivity index (χ3v) is 3.26. The minimum Gasteiger partial charge on any atom is -0.320 e. The zero-order chi connectivity index (χ0) is 14.7. The van der Waals surface area contributed by atoms with Crippen molar-refractivity contribution in [3.05, 3.63) is 75.1 Å². The Labute approximate surface area is 116 Å². The van der Waals surface area contributed by atoms with Gasteiger partial charge in [-0.1, -0.05) is 25.1 Å². The zero-order valence-electron chi connectivity index (χ0n) is 11.0. The molecule has 0 saturated heterocycles.